The first-order valence-electron chi connectivity index (χ1n) is 11.0. The monoisotopic (exact) mass is 358 g/mol. The van der Waals surface area contributed by atoms with Crippen molar-refractivity contribution < 1.29 is 14.6 Å². The topological polar surface area (TPSA) is 46.5 Å². The molecule has 3 nitrogen and oxygen atoms in total. The molecule has 3 heteroatoms. The standard InChI is InChI=1S/C23H34O3/c1-22-9-7-16(24)12-15(22)3-4-17-19-6-5-18(14-11-21(25)26-13-14)23(19,2)10-8-20(17)22/h11,15-20,24H,3-10,12-13H2,1-2H3/t15-,16-,17-,18+,19+,20-,22-,23+/m0/s1. The zero-order valence-corrected chi connectivity index (χ0v) is 16.4. The molecule has 26 heavy (non-hydrogen) atoms. The number of hydrogen-bond acceptors (Lipinski definition) is 3. The Morgan fingerprint density at radius 2 is 1.77 bits per heavy atom. The molecule has 1 N–H and O–H groups in total. The van der Waals surface area contributed by atoms with E-state index < -0.39 is 0 Å². The van der Waals surface area contributed by atoms with Crippen molar-refractivity contribution in [3.63, 3.8) is 0 Å². The minimum Gasteiger partial charge on any atom is -0.458 e. The van der Waals surface area contributed by atoms with Crippen LogP contribution in [0.1, 0.15) is 71.6 Å². The van der Waals surface area contributed by atoms with E-state index in [1.165, 1.54) is 50.5 Å². The molecule has 5 rings (SSSR count). The fourth-order valence-electron chi connectivity index (χ4n) is 8.43. The van der Waals surface area contributed by atoms with Crippen LogP contribution in [-0.2, 0) is 9.53 Å². The predicted molar refractivity (Wildman–Crippen MR) is 100 cm³/mol. The molecule has 0 unspecified atom stereocenters. The first kappa shape index (κ1) is 17.3. The zero-order chi connectivity index (χ0) is 18.1. The molecule has 4 saturated carbocycles. The lowest BCUT2D eigenvalue weighted by molar-refractivity contribution is -0.135. The van der Waals surface area contributed by atoms with Gasteiger partial charge in [0.1, 0.15) is 6.61 Å². The Morgan fingerprint density at radius 1 is 1.00 bits per heavy atom. The van der Waals surface area contributed by atoms with Crippen molar-refractivity contribution in [2.45, 2.75) is 77.7 Å². The second-order valence-corrected chi connectivity index (χ2v) is 10.6. The molecule has 0 aromatic rings. The van der Waals surface area contributed by atoms with Gasteiger partial charge < -0.3 is 9.84 Å². The first-order chi connectivity index (χ1) is 12.4. The van der Waals surface area contributed by atoms with Crippen LogP contribution in [0.2, 0.25) is 0 Å². The molecule has 5 aliphatic rings. The minimum atomic E-state index is -0.130. The van der Waals surface area contributed by atoms with Gasteiger partial charge in [0.05, 0.1) is 6.10 Å². The number of hydrogen-bond donors (Lipinski definition) is 1. The van der Waals surface area contributed by atoms with E-state index in [0.717, 1.165) is 36.5 Å². The molecule has 0 saturated heterocycles. The van der Waals surface area contributed by atoms with Crippen LogP contribution in [0.25, 0.3) is 0 Å². The van der Waals surface area contributed by atoms with E-state index in [-0.39, 0.29) is 12.1 Å². The molecule has 8 atom stereocenters. The van der Waals surface area contributed by atoms with E-state index in [0.29, 0.717) is 23.4 Å². The summed E-state index contributed by atoms with van der Waals surface area (Å²) >= 11 is 0. The Hall–Kier alpha value is -0.830. The Balaban J connectivity index is 1.41. The summed E-state index contributed by atoms with van der Waals surface area (Å²) in [5, 5.41) is 10.2. The lowest BCUT2D eigenvalue weighted by Crippen LogP contribution is -2.54. The summed E-state index contributed by atoms with van der Waals surface area (Å²) in [6, 6.07) is 0. The molecule has 0 aromatic heterocycles. The largest absolute Gasteiger partial charge is 0.458 e. The van der Waals surface area contributed by atoms with Gasteiger partial charge in [-0.1, -0.05) is 13.8 Å². The van der Waals surface area contributed by atoms with Crippen LogP contribution in [0.5, 0.6) is 0 Å². The second kappa shape index (κ2) is 5.83. The predicted octanol–water partition coefficient (Wildman–Crippen LogP) is 4.49. The number of carbonyl (C=O) groups is 1. The molecule has 1 aliphatic heterocycles. The Bertz CT molecular complexity index is 639. The Kier molecular flexibility index (Phi) is 3.88. The van der Waals surface area contributed by atoms with E-state index in [1.807, 2.05) is 0 Å². The van der Waals surface area contributed by atoms with Gasteiger partial charge in [-0.05, 0) is 104 Å². The third-order valence-electron chi connectivity index (χ3n) is 9.77. The Morgan fingerprint density at radius 3 is 2.54 bits per heavy atom. The number of fused-ring (bicyclic) bond motifs is 5. The van der Waals surface area contributed by atoms with Crippen molar-refractivity contribution in [2.24, 2.45) is 40.4 Å². The number of aliphatic hydroxyl groups excluding tert-OH is 1. The van der Waals surface area contributed by atoms with Crippen LogP contribution >= 0.6 is 0 Å². The maximum absolute atomic E-state index is 11.6. The van der Waals surface area contributed by atoms with E-state index in [4.69, 9.17) is 4.74 Å². The maximum atomic E-state index is 11.6. The molecule has 1 heterocycles. The van der Waals surface area contributed by atoms with Gasteiger partial charge in [-0.15, -0.1) is 0 Å². The molecular weight excluding hydrogens is 324 g/mol. The minimum absolute atomic E-state index is 0.0545. The van der Waals surface area contributed by atoms with Crippen LogP contribution in [0.15, 0.2) is 11.6 Å². The molecule has 144 valence electrons. The molecule has 0 radical (unpaired) electrons. The highest BCUT2D eigenvalue weighted by molar-refractivity contribution is 5.85. The molecule has 4 aliphatic carbocycles. The van der Waals surface area contributed by atoms with Crippen LogP contribution < -0.4 is 0 Å². The zero-order valence-electron chi connectivity index (χ0n) is 16.4. The van der Waals surface area contributed by atoms with Gasteiger partial charge in [0.25, 0.3) is 0 Å². The Labute approximate surface area is 157 Å². The normalized spacial score (nSPS) is 53.3. The summed E-state index contributed by atoms with van der Waals surface area (Å²) < 4.78 is 5.25. The van der Waals surface area contributed by atoms with Crippen molar-refractivity contribution in [2.75, 3.05) is 6.61 Å². The smallest absolute Gasteiger partial charge is 0.331 e. The number of cyclic esters (lactones) is 1. The summed E-state index contributed by atoms with van der Waals surface area (Å²) in [4.78, 5) is 11.6. The van der Waals surface area contributed by atoms with Crippen LogP contribution in [0, 0.1) is 40.4 Å². The van der Waals surface area contributed by atoms with Gasteiger partial charge in [-0.2, -0.15) is 0 Å². The van der Waals surface area contributed by atoms with E-state index >= 15 is 0 Å². The number of rotatable bonds is 1. The molecular formula is C23H34O3. The number of esters is 1. The molecule has 0 spiro atoms. The highest BCUT2D eigenvalue weighted by atomic mass is 16.5. The van der Waals surface area contributed by atoms with E-state index in [2.05, 4.69) is 13.8 Å². The lowest BCUT2D eigenvalue weighted by atomic mass is 9.44. The van der Waals surface area contributed by atoms with Crippen molar-refractivity contribution in [1.29, 1.82) is 0 Å². The van der Waals surface area contributed by atoms with Gasteiger partial charge in [0.2, 0.25) is 0 Å². The third-order valence-corrected chi connectivity index (χ3v) is 9.77. The van der Waals surface area contributed by atoms with Gasteiger partial charge in [-0.3, -0.25) is 0 Å². The number of aliphatic hydroxyl groups is 1. The van der Waals surface area contributed by atoms with E-state index in [9.17, 15) is 9.90 Å². The third kappa shape index (κ3) is 2.31. The summed E-state index contributed by atoms with van der Waals surface area (Å²) in [6.45, 7) is 5.62. The van der Waals surface area contributed by atoms with Gasteiger partial charge in [0.15, 0.2) is 0 Å². The first-order valence-corrected chi connectivity index (χ1v) is 11.0. The fraction of sp³-hybridized carbons (Fsp3) is 0.870. The second-order valence-electron chi connectivity index (χ2n) is 10.6. The SMILES string of the molecule is C[C@]12CC[C@H](O)C[C@@H]1CC[C@H]1[C@H]3CC[C@H](C4=CC(=O)OC4)[C@@]3(C)CC[C@@H]12. The molecule has 4 fully saturated rings. The molecule has 0 bridgehead atoms. The quantitative estimate of drug-likeness (QED) is 0.703. The van der Waals surface area contributed by atoms with Gasteiger partial charge in [-0.25, -0.2) is 4.79 Å². The van der Waals surface area contributed by atoms with Gasteiger partial charge in [0, 0.05) is 6.08 Å². The average molecular weight is 359 g/mol. The summed E-state index contributed by atoms with van der Waals surface area (Å²) in [6.07, 6.45) is 12.9. The number of carbonyl (C=O) groups excluding carboxylic acids is 1. The van der Waals surface area contributed by atoms with Crippen LogP contribution in [-0.4, -0.2) is 23.8 Å². The average Bonchev–Trinajstić information content (AvgIpc) is 3.18. The molecule has 0 aromatic carbocycles. The van der Waals surface area contributed by atoms with Gasteiger partial charge >= 0.3 is 5.97 Å². The van der Waals surface area contributed by atoms with Crippen molar-refractivity contribution >= 4 is 5.97 Å². The van der Waals surface area contributed by atoms with Crippen LogP contribution in [0.4, 0.5) is 0 Å². The number of ether oxygens (including phenoxy) is 1. The fourth-order valence-corrected chi connectivity index (χ4v) is 8.43. The summed E-state index contributed by atoms with van der Waals surface area (Å²) in [5.41, 5.74) is 2.09. The summed E-state index contributed by atoms with van der Waals surface area (Å²) in [7, 11) is 0. The van der Waals surface area contributed by atoms with Crippen molar-refractivity contribution in [1.82, 2.24) is 0 Å². The summed E-state index contributed by atoms with van der Waals surface area (Å²) in [5.74, 6) is 3.67. The van der Waals surface area contributed by atoms with E-state index in [1.54, 1.807) is 6.08 Å². The van der Waals surface area contributed by atoms with Crippen molar-refractivity contribution in [3.05, 3.63) is 11.6 Å². The molecule has 0 amide bonds. The van der Waals surface area contributed by atoms with Crippen LogP contribution in [0.3, 0.4) is 0 Å². The highest BCUT2D eigenvalue weighted by Crippen LogP contribution is 2.68. The highest BCUT2D eigenvalue weighted by Gasteiger charge is 2.60. The lowest BCUT2D eigenvalue weighted by Gasteiger charge is -2.61. The van der Waals surface area contributed by atoms with Crippen molar-refractivity contribution in [3.8, 4) is 0 Å². The maximum Gasteiger partial charge on any atom is 0.331 e.